The molecule has 2 aromatic carbocycles. The summed E-state index contributed by atoms with van der Waals surface area (Å²) in [5, 5.41) is 0. The molecule has 144 valence electrons. The number of amides is 2. The zero-order valence-corrected chi connectivity index (χ0v) is 16.1. The van der Waals surface area contributed by atoms with Gasteiger partial charge in [-0.15, -0.1) is 6.42 Å². The maximum absolute atomic E-state index is 12.3. The third-order valence-electron chi connectivity index (χ3n) is 5.05. The Labute approximate surface area is 167 Å². The molecule has 0 aliphatic carbocycles. The number of imide groups is 1. The molecule has 0 aromatic heterocycles. The van der Waals surface area contributed by atoms with Crippen LogP contribution in [0.2, 0.25) is 0 Å². The van der Waals surface area contributed by atoms with Crippen molar-refractivity contribution in [3.8, 4) is 12.3 Å². The third-order valence-corrected chi connectivity index (χ3v) is 5.05. The Hall–Kier alpha value is -2.90. The summed E-state index contributed by atoms with van der Waals surface area (Å²) in [6.07, 6.45) is 9.43. The quantitative estimate of drug-likeness (QED) is 0.359. The zero-order chi connectivity index (χ0) is 19.8. The summed E-state index contributed by atoms with van der Waals surface area (Å²) in [6, 6.07) is 17.4. The van der Waals surface area contributed by atoms with Gasteiger partial charge < -0.3 is 0 Å². The van der Waals surface area contributed by atoms with Gasteiger partial charge in [0, 0.05) is 13.1 Å². The first-order valence-electron chi connectivity index (χ1n) is 9.85. The van der Waals surface area contributed by atoms with Crippen LogP contribution in [0.1, 0.15) is 52.0 Å². The van der Waals surface area contributed by atoms with E-state index in [2.05, 4.69) is 23.0 Å². The summed E-state index contributed by atoms with van der Waals surface area (Å²) in [4.78, 5) is 28.3. The Kier molecular flexibility index (Phi) is 7.00. The first-order chi connectivity index (χ1) is 13.7. The van der Waals surface area contributed by atoms with Crippen LogP contribution in [0.3, 0.4) is 0 Å². The molecule has 0 spiro atoms. The summed E-state index contributed by atoms with van der Waals surface area (Å²) in [5.41, 5.74) is 2.32. The number of nitrogens with zero attached hydrogens (tertiary/aromatic N) is 2. The standard InChI is InChI=1S/C24H26N2O2/c1-2-16-25(19-20-12-6-5-7-13-20)17-10-3-4-11-18-26-23(27)21-14-8-9-15-22(21)24(26)28/h1,5-9,12-15H,3-4,10-11,16-19H2. The van der Waals surface area contributed by atoms with Crippen LogP contribution in [0.4, 0.5) is 0 Å². The van der Waals surface area contributed by atoms with Crippen molar-refractivity contribution in [2.75, 3.05) is 19.6 Å². The summed E-state index contributed by atoms with van der Waals surface area (Å²) in [6.45, 7) is 2.94. The summed E-state index contributed by atoms with van der Waals surface area (Å²) in [5.74, 6) is 2.41. The van der Waals surface area contributed by atoms with Gasteiger partial charge in [0.2, 0.25) is 0 Å². The average Bonchev–Trinajstić information content (AvgIpc) is 2.96. The van der Waals surface area contributed by atoms with Crippen molar-refractivity contribution in [2.45, 2.75) is 32.2 Å². The fourth-order valence-corrected chi connectivity index (χ4v) is 3.59. The van der Waals surface area contributed by atoms with E-state index >= 15 is 0 Å². The highest BCUT2D eigenvalue weighted by molar-refractivity contribution is 6.21. The van der Waals surface area contributed by atoms with E-state index in [-0.39, 0.29) is 11.8 Å². The van der Waals surface area contributed by atoms with E-state index in [1.54, 1.807) is 24.3 Å². The van der Waals surface area contributed by atoms with E-state index in [0.717, 1.165) is 38.8 Å². The monoisotopic (exact) mass is 374 g/mol. The minimum atomic E-state index is -0.163. The first kappa shape index (κ1) is 19.9. The van der Waals surface area contributed by atoms with Crippen LogP contribution in [-0.2, 0) is 6.54 Å². The second-order valence-corrected chi connectivity index (χ2v) is 7.12. The molecule has 28 heavy (non-hydrogen) atoms. The number of hydrogen-bond acceptors (Lipinski definition) is 3. The molecule has 0 atom stereocenters. The van der Waals surface area contributed by atoms with Gasteiger partial charge in [-0.3, -0.25) is 19.4 Å². The predicted octanol–water partition coefficient (Wildman–Crippen LogP) is 3.98. The maximum Gasteiger partial charge on any atom is 0.261 e. The molecule has 3 rings (SSSR count). The minimum absolute atomic E-state index is 0.163. The molecule has 0 N–H and O–H groups in total. The molecule has 0 bridgehead atoms. The Morgan fingerprint density at radius 1 is 0.821 bits per heavy atom. The van der Waals surface area contributed by atoms with Gasteiger partial charge >= 0.3 is 0 Å². The molecule has 2 aromatic rings. The molecule has 4 nitrogen and oxygen atoms in total. The summed E-state index contributed by atoms with van der Waals surface area (Å²) >= 11 is 0. The lowest BCUT2D eigenvalue weighted by Gasteiger charge is -2.20. The van der Waals surface area contributed by atoms with Crippen molar-refractivity contribution >= 4 is 11.8 Å². The molecule has 0 unspecified atom stereocenters. The fourth-order valence-electron chi connectivity index (χ4n) is 3.59. The van der Waals surface area contributed by atoms with Crippen molar-refractivity contribution in [1.29, 1.82) is 0 Å². The molecule has 4 heteroatoms. The zero-order valence-electron chi connectivity index (χ0n) is 16.1. The van der Waals surface area contributed by atoms with E-state index in [9.17, 15) is 9.59 Å². The topological polar surface area (TPSA) is 40.6 Å². The number of benzene rings is 2. The average molecular weight is 374 g/mol. The van der Waals surface area contributed by atoms with Crippen LogP contribution in [0.15, 0.2) is 54.6 Å². The van der Waals surface area contributed by atoms with Gasteiger partial charge in [0.25, 0.3) is 11.8 Å². The molecular weight excluding hydrogens is 348 g/mol. The highest BCUT2D eigenvalue weighted by Gasteiger charge is 2.34. The van der Waals surface area contributed by atoms with Gasteiger partial charge in [-0.05, 0) is 37.1 Å². The normalized spacial score (nSPS) is 13.1. The molecule has 1 aliphatic rings. The SMILES string of the molecule is C#CCN(CCCCCCN1C(=O)c2ccccc2C1=O)Cc1ccccc1. The van der Waals surface area contributed by atoms with Gasteiger partial charge in [0.1, 0.15) is 0 Å². The van der Waals surface area contributed by atoms with Crippen LogP contribution in [0.5, 0.6) is 0 Å². The molecule has 1 aliphatic heterocycles. The van der Waals surface area contributed by atoms with E-state index in [0.29, 0.717) is 24.2 Å². The van der Waals surface area contributed by atoms with E-state index in [1.807, 2.05) is 18.2 Å². The number of carbonyl (C=O) groups is 2. The lowest BCUT2D eigenvalue weighted by atomic mass is 10.1. The highest BCUT2D eigenvalue weighted by atomic mass is 16.2. The maximum atomic E-state index is 12.3. The third kappa shape index (κ3) is 4.88. The fraction of sp³-hybridized carbons (Fsp3) is 0.333. The smallest absolute Gasteiger partial charge is 0.261 e. The number of terminal acetylenes is 1. The van der Waals surface area contributed by atoms with Crippen molar-refractivity contribution in [2.24, 2.45) is 0 Å². The number of hydrogen-bond donors (Lipinski definition) is 0. The van der Waals surface area contributed by atoms with Gasteiger partial charge in [-0.25, -0.2) is 0 Å². The number of fused-ring (bicyclic) bond motifs is 1. The molecular formula is C24H26N2O2. The van der Waals surface area contributed by atoms with Crippen molar-refractivity contribution in [1.82, 2.24) is 9.80 Å². The van der Waals surface area contributed by atoms with E-state index in [4.69, 9.17) is 6.42 Å². The van der Waals surface area contributed by atoms with E-state index in [1.165, 1.54) is 10.5 Å². The van der Waals surface area contributed by atoms with Crippen LogP contribution in [0, 0.1) is 12.3 Å². The Morgan fingerprint density at radius 2 is 1.43 bits per heavy atom. The van der Waals surface area contributed by atoms with Crippen LogP contribution in [-0.4, -0.2) is 41.2 Å². The van der Waals surface area contributed by atoms with Crippen LogP contribution in [0.25, 0.3) is 0 Å². The van der Waals surface area contributed by atoms with Crippen LogP contribution < -0.4 is 0 Å². The predicted molar refractivity (Wildman–Crippen MR) is 111 cm³/mol. The minimum Gasteiger partial charge on any atom is -0.288 e. The second-order valence-electron chi connectivity index (χ2n) is 7.12. The molecule has 0 fully saturated rings. The summed E-state index contributed by atoms with van der Waals surface area (Å²) < 4.78 is 0. The lowest BCUT2D eigenvalue weighted by Crippen LogP contribution is -2.30. The first-order valence-corrected chi connectivity index (χ1v) is 9.85. The number of carbonyl (C=O) groups excluding carboxylic acids is 2. The largest absolute Gasteiger partial charge is 0.288 e. The molecule has 0 saturated heterocycles. The molecule has 1 heterocycles. The summed E-state index contributed by atoms with van der Waals surface area (Å²) in [7, 11) is 0. The van der Waals surface area contributed by atoms with Gasteiger partial charge in [0.15, 0.2) is 0 Å². The molecule has 0 saturated carbocycles. The second kappa shape index (κ2) is 9.87. The van der Waals surface area contributed by atoms with Gasteiger partial charge in [-0.1, -0.05) is 61.2 Å². The van der Waals surface area contributed by atoms with Crippen LogP contribution >= 0.6 is 0 Å². The van der Waals surface area contributed by atoms with Gasteiger partial charge in [0.05, 0.1) is 17.7 Å². The number of unbranched alkanes of at least 4 members (excludes halogenated alkanes) is 3. The Balaban J connectivity index is 1.37. The lowest BCUT2D eigenvalue weighted by molar-refractivity contribution is 0.0651. The van der Waals surface area contributed by atoms with Gasteiger partial charge in [-0.2, -0.15) is 0 Å². The highest BCUT2D eigenvalue weighted by Crippen LogP contribution is 2.22. The Morgan fingerprint density at radius 3 is 2.07 bits per heavy atom. The van der Waals surface area contributed by atoms with E-state index < -0.39 is 0 Å². The van der Waals surface area contributed by atoms with Crippen molar-refractivity contribution in [3.63, 3.8) is 0 Å². The molecule has 2 amide bonds. The Bertz CT molecular complexity index is 819. The van der Waals surface area contributed by atoms with Crippen molar-refractivity contribution in [3.05, 3.63) is 71.3 Å². The number of rotatable bonds is 10. The van der Waals surface area contributed by atoms with Crippen molar-refractivity contribution < 1.29 is 9.59 Å². The molecule has 0 radical (unpaired) electrons.